The van der Waals surface area contributed by atoms with Crippen molar-refractivity contribution in [2.45, 2.75) is 55.3 Å². The Morgan fingerprint density at radius 1 is 1.35 bits per heavy atom. The van der Waals surface area contributed by atoms with Crippen LogP contribution in [0.2, 0.25) is 0 Å². The summed E-state index contributed by atoms with van der Waals surface area (Å²) in [6.45, 7) is 1.62. The van der Waals surface area contributed by atoms with Crippen LogP contribution in [0.15, 0.2) is 11.2 Å². The molecular formula is C15H22F2N4OS. The highest BCUT2D eigenvalue weighted by Crippen LogP contribution is 2.34. The number of nitrogens with zero attached hydrogens (tertiary/aromatic N) is 2. The van der Waals surface area contributed by atoms with E-state index in [1.165, 1.54) is 11.8 Å². The normalized spacial score (nSPS) is 24.0. The molecule has 1 aliphatic heterocycles. The van der Waals surface area contributed by atoms with Gasteiger partial charge in [0.25, 0.3) is 0 Å². The summed E-state index contributed by atoms with van der Waals surface area (Å²) in [4.78, 5) is 8.74. The van der Waals surface area contributed by atoms with Gasteiger partial charge in [-0.25, -0.2) is 13.8 Å². The number of halogens is 2. The zero-order valence-corrected chi connectivity index (χ0v) is 14.0. The van der Waals surface area contributed by atoms with Gasteiger partial charge in [-0.1, -0.05) is 11.8 Å². The highest BCUT2D eigenvalue weighted by Gasteiger charge is 2.35. The SMILES string of the molecule is CSc1nc(NC2CCC(F)(F)CC2)cc(OCC2CCN2)n1. The van der Waals surface area contributed by atoms with Crippen LogP contribution in [0.25, 0.3) is 0 Å². The molecule has 8 heteroatoms. The fraction of sp³-hybridized carbons (Fsp3) is 0.733. The summed E-state index contributed by atoms with van der Waals surface area (Å²) in [5.41, 5.74) is 0. The molecule has 0 spiro atoms. The molecule has 1 saturated carbocycles. The van der Waals surface area contributed by atoms with Gasteiger partial charge in [-0.15, -0.1) is 0 Å². The molecule has 1 aromatic rings. The Kier molecular flexibility index (Phi) is 5.21. The number of alkyl halides is 2. The third-order valence-electron chi connectivity index (χ3n) is 4.29. The first-order valence-electron chi connectivity index (χ1n) is 7.98. The molecule has 1 unspecified atom stereocenters. The lowest BCUT2D eigenvalue weighted by molar-refractivity contribution is -0.0361. The van der Waals surface area contributed by atoms with Crippen molar-refractivity contribution in [3.63, 3.8) is 0 Å². The fourth-order valence-electron chi connectivity index (χ4n) is 2.71. The monoisotopic (exact) mass is 344 g/mol. The number of anilines is 1. The minimum Gasteiger partial charge on any atom is -0.476 e. The third kappa shape index (κ3) is 4.67. The Bertz CT molecular complexity index is 532. The topological polar surface area (TPSA) is 59.1 Å². The van der Waals surface area contributed by atoms with Crippen LogP contribution < -0.4 is 15.4 Å². The van der Waals surface area contributed by atoms with Crippen LogP contribution in [0, 0.1) is 0 Å². The molecule has 1 aliphatic carbocycles. The van der Waals surface area contributed by atoms with Gasteiger partial charge in [0, 0.05) is 31.0 Å². The molecule has 3 rings (SSSR count). The van der Waals surface area contributed by atoms with Crippen molar-refractivity contribution >= 4 is 17.6 Å². The number of hydrogen-bond donors (Lipinski definition) is 2. The van der Waals surface area contributed by atoms with Gasteiger partial charge in [0.05, 0.1) is 0 Å². The lowest BCUT2D eigenvalue weighted by Crippen LogP contribution is -2.46. The van der Waals surface area contributed by atoms with Crippen molar-refractivity contribution in [1.29, 1.82) is 0 Å². The molecule has 1 atom stereocenters. The van der Waals surface area contributed by atoms with Crippen molar-refractivity contribution in [1.82, 2.24) is 15.3 Å². The maximum atomic E-state index is 13.2. The highest BCUT2D eigenvalue weighted by molar-refractivity contribution is 7.98. The molecule has 2 N–H and O–H groups in total. The second-order valence-corrected chi connectivity index (χ2v) is 6.88. The summed E-state index contributed by atoms with van der Waals surface area (Å²) in [5.74, 6) is -1.34. The van der Waals surface area contributed by atoms with Crippen molar-refractivity contribution in [3.05, 3.63) is 6.07 Å². The highest BCUT2D eigenvalue weighted by atomic mass is 32.2. The number of ether oxygens (including phenoxy) is 1. The predicted octanol–water partition coefficient (Wildman–Crippen LogP) is 2.93. The van der Waals surface area contributed by atoms with E-state index in [0.29, 0.717) is 42.3 Å². The number of thioether (sulfide) groups is 1. The predicted molar refractivity (Wildman–Crippen MR) is 86.5 cm³/mol. The zero-order valence-electron chi connectivity index (χ0n) is 13.1. The van der Waals surface area contributed by atoms with Crippen LogP contribution in [0.3, 0.4) is 0 Å². The summed E-state index contributed by atoms with van der Waals surface area (Å²) < 4.78 is 32.2. The largest absolute Gasteiger partial charge is 0.476 e. The molecule has 1 saturated heterocycles. The van der Waals surface area contributed by atoms with E-state index in [1.54, 1.807) is 6.07 Å². The van der Waals surface area contributed by atoms with Crippen molar-refractivity contribution in [2.24, 2.45) is 0 Å². The van der Waals surface area contributed by atoms with Gasteiger partial charge < -0.3 is 15.4 Å². The Balaban J connectivity index is 1.61. The maximum absolute atomic E-state index is 13.2. The van der Waals surface area contributed by atoms with Crippen LogP contribution in [0.4, 0.5) is 14.6 Å². The second kappa shape index (κ2) is 7.17. The molecule has 2 heterocycles. The minimum absolute atomic E-state index is 0.0281. The molecule has 5 nitrogen and oxygen atoms in total. The minimum atomic E-state index is -2.52. The van der Waals surface area contributed by atoms with Gasteiger partial charge in [-0.3, -0.25) is 0 Å². The summed E-state index contributed by atoms with van der Waals surface area (Å²) >= 11 is 1.44. The smallest absolute Gasteiger partial charge is 0.248 e. The van der Waals surface area contributed by atoms with Crippen LogP contribution in [-0.2, 0) is 0 Å². The number of aromatic nitrogens is 2. The number of nitrogens with one attached hydrogen (secondary N) is 2. The second-order valence-electron chi connectivity index (χ2n) is 6.10. The average Bonchev–Trinajstić information content (AvgIpc) is 2.48. The molecule has 23 heavy (non-hydrogen) atoms. The summed E-state index contributed by atoms with van der Waals surface area (Å²) in [6.07, 6.45) is 3.78. The molecule has 0 radical (unpaired) electrons. The summed E-state index contributed by atoms with van der Waals surface area (Å²) in [7, 11) is 0. The molecular weight excluding hydrogens is 322 g/mol. The first-order valence-corrected chi connectivity index (χ1v) is 9.20. The van der Waals surface area contributed by atoms with E-state index in [2.05, 4.69) is 20.6 Å². The van der Waals surface area contributed by atoms with E-state index in [0.717, 1.165) is 13.0 Å². The lowest BCUT2D eigenvalue weighted by atomic mass is 9.92. The van der Waals surface area contributed by atoms with E-state index in [-0.39, 0.29) is 18.9 Å². The van der Waals surface area contributed by atoms with E-state index in [9.17, 15) is 8.78 Å². The molecule has 2 fully saturated rings. The molecule has 2 aliphatic rings. The number of hydrogen-bond acceptors (Lipinski definition) is 6. The summed E-state index contributed by atoms with van der Waals surface area (Å²) in [5, 5.41) is 7.15. The molecule has 1 aromatic heterocycles. The van der Waals surface area contributed by atoms with E-state index >= 15 is 0 Å². The molecule has 0 amide bonds. The Morgan fingerprint density at radius 3 is 2.70 bits per heavy atom. The van der Waals surface area contributed by atoms with E-state index in [4.69, 9.17) is 4.74 Å². The lowest BCUT2D eigenvalue weighted by Gasteiger charge is -2.29. The molecule has 0 bridgehead atoms. The van der Waals surface area contributed by atoms with Crippen LogP contribution in [0.1, 0.15) is 32.1 Å². The Morgan fingerprint density at radius 2 is 2.09 bits per heavy atom. The zero-order chi connectivity index (χ0) is 16.3. The van der Waals surface area contributed by atoms with Gasteiger partial charge in [-0.2, -0.15) is 4.98 Å². The number of rotatable bonds is 6. The first-order chi connectivity index (χ1) is 11.0. The first kappa shape index (κ1) is 16.7. The quantitative estimate of drug-likeness (QED) is 0.611. The fourth-order valence-corrected chi connectivity index (χ4v) is 3.08. The van der Waals surface area contributed by atoms with Crippen LogP contribution in [-0.4, -0.2) is 47.4 Å². The Hall–Kier alpha value is -1.15. The Labute approximate surface area is 139 Å². The molecule has 0 aromatic carbocycles. The third-order valence-corrected chi connectivity index (χ3v) is 4.84. The van der Waals surface area contributed by atoms with Crippen LogP contribution >= 0.6 is 11.8 Å². The standard InChI is InChI=1S/C15H22F2N4OS/c1-23-14-20-12(19-10-2-5-15(16,17)6-3-10)8-13(21-14)22-9-11-4-7-18-11/h8,10-11,18H,2-7,9H2,1H3,(H,19,20,21). The van der Waals surface area contributed by atoms with Crippen LogP contribution in [0.5, 0.6) is 5.88 Å². The van der Waals surface area contributed by atoms with Gasteiger partial charge in [0.2, 0.25) is 11.8 Å². The maximum Gasteiger partial charge on any atom is 0.248 e. The van der Waals surface area contributed by atoms with Gasteiger partial charge in [0.1, 0.15) is 12.4 Å². The van der Waals surface area contributed by atoms with Crippen molar-refractivity contribution in [3.8, 4) is 5.88 Å². The van der Waals surface area contributed by atoms with Gasteiger partial charge in [-0.05, 0) is 32.1 Å². The van der Waals surface area contributed by atoms with E-state index in [1.807, 2.05) is 6.26 Å². The van der Waals surface area contributed by atoms with Gasteiger partial charge in [0.15, 0.2) is 5.16 Å². The molecule has 128 valence electrons. The van der Waals surface area contributed by atoms with Gasteiger partial charge >= 0.3 is 0 Å². The van der Waals surface area contributed by atoms with E-state index < -0.39 is 5.92 Å². The van der Waals surface area contributed by atoms with Crippen molar-refractivity contribution < 1.29 is 13.5 Å². The average molecular weight is 344 g/mol. The van der Waals surface area contributed by atoms with Crippen molar-refractivity contribution in [2.75, 3.05) is 24.7 Å². The summed E-state index contributed by atoms with van der Waals surface area (Å²) in [6, 6.07) is 2.17.